The van der Waals surface area contributed by atoms with Crippen LogP contribution in [0.4, 0.5) is 0 Å². The summed E-state index contributed by atoms with van der Waals surface area (Å²) in [5, 5.41) is 27.7. The number of H-pyrrole nitrogens is 1. The lowest BCUT2D eigenvalue weighted by molar-refractivity contribution is -0.255. The van der Waals surface area contributed by atoms with Crippen molar-refractivity contribution in [3.05, 3.63) is 23.5 Å². The monoisotopic (exact) mass is 229 g/mol. The summed E-state index contributed by atoms with van der Waals surface area (Å²) in [6.45, 7) is 0. The van der Waals surface area contributed by atoms with Crippen molar-refractivity contribution in [3.8, 4) is 0 Å². The Kier molecular flexibility index (Phi) is 3.43. The number of aliphatic hydroxyl groups excluding tert-OH is 1. The van der Waals surface area contributed by atoms with E-state index in [9.17, 15) is 19.8 Å². The first-order chi connectivity index (χ1) is 7.45. The van der Waals surface area contributed by atoms with E-state index in [0.29, 0.717) is 6.29 Å². The molecule has 4 N–H and O–H groups in total. The summed E-state index contributed by atoms with van der Waals surface area (Å²) in [5.74, 6) is -4.07. The Morgan fingerprint density at radius 1 is 1.62 bits per heavy atom. The zero-order valence-corrected chi connectivity index (χ0v) is 8.38. The molecule has 1 rings (SSSR count). The minimum absolute atomic E-state index is 0.119. The van der Waals surface area contributed by atoms with Gasteiger partial charge in [0.05, 0.1) is 11.4 Å². The molecule has 0 fully saturated rings. The summed E-state index contributed by atoms with van der Waals surface area (Å²) in [5.41, 5.74) is 0.00932. The number of aliphatic carboxylic acids is 1. The summed E-state index contributed by atoms with van der Waals surface area (Å²) < 4.78 is 4.58. The molecule has 0 spiro atoms. The van der Waals surface area contributed by atoms with E-state index < -0.39 is 17.9 Å². The topological polar surface area (TPSA) is 120 Å². The van der Waals surface area contributed by atoms with Crippen LogP contribution in [0, 0.1) is 0 Å². The minimum Gasteiger partial charge on any atom is -0.479 e. The van der Waals surface area contributed by atoms with E-state index in [1.165, 1.54) is 12.1 Å². The number of aldehydes is 1. The number of aromatic amines is 1. The number of aromatic nitrogens is 1. The van der Waals surface area contributed by atoms with E-state index in [-0.39, 0.29) is 11.4 Å². The Morgan fingerprint density at radius 3 is 2.62 bits per heavy atom. The Balaban J connectivity index is 3.13. The highest BCUT2D eigenvalue weighted by Gasteiger charge is 2.44. The lowest BCUT2D eigenvalue weighted by Crippen LogP contribution is -2.46. The van der Waals surface area contributed by atoms with Gasteiger partial charge in [0, 0.05) is 7.11 Å². The first kappa shape index (κ1) is 12.4. The van der Waals surface area contributed by atoms with E-state index in [4.69, 9.17) is 5.11 Å². The van der Waals surface area contributed by atoms with E-state index in [0.717, 1.165) is 7.11 Å². The maximum Gasteiger partial charge on any atom is 0.338 e. The molecule has 0 saturated heterocycles. The van der Waals surface area contributed by atoms with Gasteiger partial charge >= 0.3 is 5.97 Å². The molecule has 0 aliphatic rings. The summed E-state index contributed by atoms with van der Waals surface area (Å²) in [7, 11) is 1.04. The van der Waals surface area contributed by atoms with Crippen molar-refractivity contribution in [1.29, 1.82) is 0 Å². The van der Waals surface area contributed by atoms with Crippen LogP contribution in [0.3, 0.4) is 0 Å². The molecule has 0 aliphatic carbocycles. The summed E-state index contributed by atoms with van der Waals surface area (Å²) in [6.07, 6.45) is -1.69. The average Bonchev–Trinajstić information content (AvgIpc) is 2.75. The lowest BCUT2D eigenvalue weighted by Gasteiger charge is -2.27. The van der Waals surface area contributed by atoms with Crippen molar-refractivity contribution in [2.45, 2.75) is 11.9 Å². The fraction of sp³-hybridized carbons (Fsp3) is 0.333. The quantitative estimate of drug-likeness (QED) is 0.382. The molecule has 0 saturated carbocycles. The smallest absolute Gasteiger partial charge is 0.338 e. The number of ether oxygens (including phenoxy) is 1. The number of hydrogen-bond acceptors (Lipinski definition) is 5. The second-order valence-corrected chi connectivity index (χ2v) is 3.09. The van der Waals surface area contributed by atoms with E-state index in [1.54, 1.807) is 0 Å². The van der Waals surface area contributed by atoms with Crippen molar-refractivity contribution >= 4 is 12.3 Å². The molecule has 7 nitrogen and oxygen atoms in total. The predicted molar refractivity (Wildman–Crippen MR) is 50.7 cm³/mol. The molecule has 7 heteroatoms. The van der Waals surface area contributed by atoms with E-state index in [1.807, 2.05) is 0 Å². The van der Waals surface area contributed by atoms with Gasteiger partial charge < -0.3 is 25.0 Å². The summed E-state index contributed by atoms with van der Waals surface area (Å²) in [6, 6.07) is 2.57. The number of carboxylic acid groups (broad SMARTS) is 1. The van der Waals surface area contributed by atoms with Crippen LogP contribution in [0.15, 0.2) is 12.1 Å². The largest absolute Gasteiger partial charge is 0.479 e. The van der Waals surface area contributed by atoms with Gasteiger partial charge in [-0.05, 0) is 12.1 Å². The van der Waals surface area contributed by atoms with Gasteiger partial charge in [0.15, 0.2) is 6.29 Å². The average molecular weight is 229 g/mol. The second-order valence-electron chi connectivity index (χ2n) is 3.09. The Hall–Kier alpha value is -1.70. The van der Waals surface area contributed by atoms with Gasteiger partial charge in [-0.15, -0.1) is 0 Å². The van der Waals surface area contributed by atoms with Crippen LogP contribution in [0.5, 0.6) is 0 Å². The standard InChI is InChI=1S/C9H11NO6/c1-16-9(15,7(12)8(13)14)6-3-2-5(4-11)10-6/h2-4,7,10,12,15H,1H3,(H,13,14). The van der Waals surface area contributed by atoms with Crippen LogP contribution in [-0.4, -0.2) is 45.8 Å². The number of carboxylic acids is 1. The molecule has 1 heterocycles. The van der Waals surface area contributed by atoms with Crippen molar-refractivity contribution in [1.82, 2.24) is 4.98 Å². The Bertz CT molecular complexity index is 400. The highest BCUT2D eigenvalue weighted by Crippen LogP contribution is 2.25. The van der Waals surface area contributed by atoms with Gasteiger partial charge in [0.1, 0.15) is 0 Å². The zero-order valence-electron chi connectivity index (χ0n) is 8.38. The van der Waals surface area contributed by atoms with E-state index >= 15 is 0 Å². The van der Waals surface area contributed by atoms with Gasteiger partial charge in [-0.25, -0.2) is 4.79 Å². The van der Waals surface area contributed by atoms with Crippen LogP contribution in [0.1, 0.15) is 16.2 Å². The summed E-state index contributed by atoms with van der Waals surface area (Å²) in [4.78, 5) is 23.4. The molecule has 2 atom stereocenters. The minimum atomic E-state index is -2.42. The van der Waals surface area contributed by atoms with Gasteiger partial charge in [0.25, 0.3) is 0 Å². The van der Waals surface area contributed by atoms with Gasteiger partial charge in [-0.2, -0.15) is 0 Å². The number of rotatable bonds is 5. The predicted octanol–water partition coefficient (Wildman–Crippen LogP) is -0.936. The van der Waals surface area contributed by atoms with Crippen LogP contribution in [0.25, 0.3) is 0 Å². The fourth-order valence-corrected chi connectivity index (χ4v) is 1.23. The zero-order chi connectivity index (χ0) is 12.3. The molecule has 1 aromatic rings. The normalized spacial score (nSPS) is 16.4. The van der Waals surface area contributed by atoms with Crippen molar-refractivity contribution in [2.75, 3.05) is 7.11 Å². The lowest BCUT2D eigenvalue weighted by atomic mass is 10.1. The highest BCUT2D eigenvalue weighted by atomic mass is 16.6. The van der Waals surface area contributed by atoms with Crippen LogP contribution in [0.2, 0.25) is 0 Å². The van der Waals surface area contributed by atoms with Crippen molar-refractivity contribution in [2.24, 2.45) is 0 Å². The Morgan fingerprint density at radius 2 is 2.25 bits per heavy atom. The van der Waals surface area contributed by atoms with Crippen molar-refractivity contribution < 1.29 is 29.6 Å². The molecule has 0 aromatic carbocycles. The molecular weight excluding hydrogens is 218 g/mol. The number of aliphatic hydroxyl groups is 2. The molecule has 1 aromatic heterocycles. The van der Waals surface area contributed by atoms with Crippen LogP contribution >= 0.6 is 0 Å². The molecule has 0 radical (unpaired) electrons. The third kappa shape index (κ3) is 1.96. The highest BCUT2D eigenvalue weighted by molar-refractivity contribution is 5.74. The molecule has 16 heavy (non-hydrogen) atoms. The maximum absolute atomic E-state index is 10.6. The first-order valence-corrected chi connectivity index (χ1v) is 4.28. The number of nitrogens with one attached hydrogen (secondary N) is 1. The Labute approximate surface area is 90.3 Å². The molecular formula is C9H11NO6. The van der Waals surface area contributed by atoms with Crippen LogP contribution in [-0.2, 0) is 15.3 Å². The molecule has 2 unspecified atom stereocenters. The summed E-state index contributed by atoms with van der Waals surface area (Å²) >= 11 is 0. The number of carbonyl (C=O) groups excluding carboxylic acids is 1. The number of carbonyl (C=O) groups is 2. The van der Waals surface area contributed by atoms with Gasteiger partial charge in [-0.3, -0.25) is 4.79 Å². The molecule has 0 bridgehead atoms. The first-order valence-electron chi connectivity index (χ1n) is 4.28. The van der Waals surface area contributed by atoms with Crippen molar-refractivity contribution in [3.63, 3.8) is 0 Å². The molecule has 88 valence electrons. The third-order valence-corrected chi connectivity index (χ3v) is 2.14. The molecule has 0 amide bonds. The SMILES string of the molecule is COC(O)(c1ccc(C=O)[nH]1)C(O)C(=O)O. The van der Waals surface area contributed by atoms with Gasteiger partial charge in [0.2, 0.25) is 11.9 Å². The maximum atomic E-state index is 10.6. The number of methoxy groups -OCH3 is 1. The third-order valence-electron chi connectivity index (χ3n) is 2.14. The number of hydrogen-bond donors (Lipinski definition) is 4. The fourth-order valence-electron chi connectivity index (χ4n) is 1.23. The molecule has 0 aliphatic heterocycles. The van der Waals surface area contributed by atoms with Gasteiger partial charge in [-0.1, -0.05) is 0 Å². The van der Waals surface area contributed by atoms with Crippen LogP contribution < -0.4 is 0 Å². The second kappa shape index (κ2) is 4.44. The van der Waals surface area contributed by atoms with E-state index in [2.05, 4.69) is 9.72 Å².